The Hall–Kier alpha value is -1.11. The van der Waals surface area contributed by atoms with Crippen molar-refractivity contribution in [1.82, 2.24) is 9.80 Å². The molecule has 3 aliphatic rings. The molecule has 0 unspecified atom stereocenters. The fourth-order valence-corrected chi connectivity index (χ4v) is 5.49. The highest BCUT2D eigenvalue weighted by Gasteiger charge is 2.58. The minimum atomic E-state index is -3.10. The SMILES string of the molecule is CN1C(=O)N([C@@H]2CCS(=O)(=O)C2)C(=O)C12CCCCC2. The molecule has 1 saturated carbocycles. The fraction of sp³-hybridized carbons (Fsp3) is 0.846. The van der Waals surface area contributed by atoms with Crippen molar-refractivity contribution >= 4 is 21.8 Å². The van der Waals surface area contributed by atoms with Crippen LogP contribution in [0, 0.1) is 0 Å². The third kappa shape index (κ3) is 1.86. The van der Waals surface area contributed by atoms with E-state index in [0.717, 1.165) is 19.3 Å². The maximum Gasteiger partial charge on any atom is 0.327 e. The van der Waals surface area contributed by atoms with Crippen LogP contribution in [-0.4, -0.2) is 60.3 Å². The Bertz CT molecular complexity index is 551. The number of hydrogen-bond donors (Lipinski definition) is 0. The van der Waals surface area contributed by atoms with Crippen LogP contribution in [-0.2, 0) is 14.6 Å². The van der Waals surface area contributed by atoms with E-state index in [1.807, 2.05) is 0 Å². The predicted octanol–water partition coefficient (Wildman–Crippen LogP) is 0.770. The van der Waals surface area contributed by atoms with Gasteiger partial charge in [-0.25, -0.2) is 13.2 Å². The Morgan fingerprint density at radius 2 is 1.80 bits per heavy atom. The summed E-state index contributed by atoms with van der Waals surface area (Å²) in [6.07, 6.45) is 4.76. The van der Waals surface area contributed by atoms with Gasteiger partial charge < -0.3 is 4.90 Å². The number of likely N-dealkylation sites (N-methyl/N-ethyl adjacent to an activating group) is 1. The zero-order valence-corrected chi connectivity index (χ0v) is 12.5. The van der Waals surface area contributed by atoms with Crippen molar-refractivity contribution < 1.29 is 18.0 Å². The Morgan fingerprint density at radius 1 is 1.15 bits per heavy atom. The molecule has 1 atom stereocenters. The molecule has 112 valence electrons. The molecule has 6 nitrogen and oxygen atoms in total. The number of urea groups is 1. The van der Waals surface area contributed by atoms with Crippen molar-refractivity contribution in [3.63, 3.8) is 0 Å². The number of carbonyl (C=O) groups excluding carboxylic acids is 2. The van der Waals surface area contributed by atoms with E-state index in [1.165, 1.54) is 4.90 Å². The van der Waals surface area contributed by atoms with Crippen LogP contribution >= 0.6 is 0 Å². The predicted molar refractivity (Wildman–Crippen MR) is 72.9 cm³/mol. The number of imide groups is 1. The molecule has 3 amide bonds. The topological polar surface area (TPSA) is 74.8 Å². The number of sulfone groups is 1. The van der Waals surface area contributed by atoms with Crippen molar-refractivity contribution in [1.29, 1.82) is 0 Å². The molecule has 2 saturated heterocycles. The van der Waals surface area contributed by atoms with Crippen LogP contribution in [0.15, 0.2) is 0 Å². The van der Waals surface area contributed by atoms with Gasteiger partial charge in [-0.3, -0.25) is 9.69 Å². The molecular weight excluding hydrogens is 280 g/mol. The molecule has 0 bridgehead atoms. The molecule has 2 heterocycles. The van der Waals surface area contributed by atoms with Crippen molar-refractivity contribution in [3.8, 4) is 0 Å². The molecule has 0 aromatic heterocycles. The molecule has 1 aliphatic carbocycles. The Morgan fingerprint density at radius 3 is 2.35 bits per heavy atom. The summed E-state index contributed by atoms with van der Waals surface area (Å²) in [7, 11) is -1.43. The molecule has 3 rings (SSSR count). The normalized spacial score (nSPS) is 32.4. The van der Waals surface area contributed by atoms with Crippen molar-refractivity contribution in [3.05, 3.63) is 0 Å². The van der Waals surface area contributed by atoms with Crippen LogP contribution in [0.3, 0.4) is 0 Å². The molecule has 0 N–H and O–H groups in total. The van der Waals surface area contributed by atoms with Crippen LogP contribution in [0.4, 0.5) is 4.79 Å². The van der Waals surface area contributed by atoms with Crippen LogP contribution in [0.1, 0.15) is 38.5 Å². The summed E-state index contributed by atoms with van der Waals surface area (Å²) < 4.78 is 23.2. The molecule has 2 aliphatic heterocycles. The molecule has 20 heavy (non-hydrogen) atoms. The van der Waals surface area contributed by atoms with Gasteiger partial charge in [0.05, 0.1) is 17.5 Å². The van der Waals surface area contributed by atoms with E-state index in [2.05, 4.69) is 0 Å². The first kappa shape index (κ1) is 13.9. The van der Waals surface area contributed by atoms with Gasteiger partial charge in [-0.15, -0.1) is 0 Å². The minimum Gasteiger partial charge on any atom is -0.313 e. The highest BCUT2D eigenvalue weighted by Crippen LogP contribution is 2.41. The first-order valence-corrected chi connectivity index (χ1v) is 9.01. The zero-order valence-electron chi connectivity index (χ0n) is 11.7. The van der Waals surface area contributed by atoms with Gasteiger partial charge in [0.1, 0.15) is 5.54 Å². The first-order valence-electron chi connectivity index (χ1n) is 7.19. The average Bonchev–Trinajstić information content (AvgIpc) is 2.85. The maximum absolute atomic E-state index is 12.8. The van der Waals surface area contributed by atoms with Gasteiger partial charge in [0.15, 0.2) is 9.84 Å². The van der Waals surface area contributed by atoms with Gasteiger partial charge in [0.2, 0.25) is 0 Å². The molecule has 0 aromatic carbocycles. The van der Waals surface area contributed by atoms with Crippen molar-refractivity contribution in [2.75, 3.05) is 18.6 Å². The van der Waals surface area contributed by atoms with Gasteiger partial charge in [0, 0.05) is 7.05 Å². The Labute approximate surface area is 119 Å². The first-order chi connectivity index (χ1) is 9.37. The second-order valence-electron chi connectivity index (χ2n) is 6.17. The second-order valence-corrected chi connectivity index (χ2v) is 8.39. The lowest BCUT2D eigenvalue weighted by Crippen LogP contribution is -2.49. The van der Waals surface area contributed by atoms with E-state index in [0.29, 0.717) is 19.3 Å². The number of rotatable bonds is 1. The van der Waals surface area contributed by atoms with Crippen LogP contribution < -0.4 is 0 Å². The summed E-state index contributed by atoms with van der Waals surface area (Å²) in [6, 6.07) is -0.789. The smallest absolute Gasteiger partial charge is 0.313 e. The number of nitrogens with zero attached hydrogens (tertiary/aromatic N) is 2. The Balaban J connectivity index is 1.90. The standard InChI is InChI=1S/C13H20N2O4S/c1-14-12(17)15(10-5-8-20(18,19)9-10)11(16)13(14)6-3-2-4-7-13/h10H,2-9H2,1H3/t10-/m1/s1. The van der Waals surface area contributed by atoms with E-state index >= 15 is 0 Å². The van der Waals surface area contributed by atoms with E-state index in [-0.39, 0.29) is 23.4 Å². The van der Waals surface area contributed by atoms with Crippen LogP contribution in [0.5, 0.6) is 0 Å². The van der Waals surface area contributed by atoms with Crippen LogP contribution in [0.2, 0.25) is 0 Å². The number of amides is 3. The lowest BCUT2D eigenvalue weighted by Gasteiger charge is -2.36. The highest BCUT2D eigenvalue weighted by molar-refractivity contribution is 7.91. The largest absolute Gasteiger partial charge is 0.327 e. The average molecular weight is 300 g/mol. The number of carbonyl (C=O) groups is 2. The van der Waals surface area contributed by atoms with Gasteiger partial charge in [-0.1, -0.05) is 19.3 Å². The molecule has 7 heteroatoms. The van der Waals surface area contributed by atoms with Crippen molar-refractivity contribution in [2.24, 2.45) is 0 Å². The van der Waals surface area contributed by atoms with E-state index < -0.39 is 21.4 Å². The fourth-order valence-electron chi connectivity index (χ4n) is 3.79. The summed E-state index contributed by atoms with van der Waals surface area (Å²) >= 11 is 0. The minimum absolute atomic E-state index is 0.0748. The molecular formula is C13H20N2O4S. The number of hydrogen-bond acceptors (Lipinski definition) is 4. The van der Waals surface area contributed by atoms with E-state index in [9.17, 15) is 18.0 Å². The molecule has 1 spiro atoms. The van der Waals surface area contributed by atoms with Gasteiger partial charge in [0.25, 0.3) is 5.91 Å². The summed E-state index contributed by atoms with van der Waals surface area (Å²) in [5.41, 5.74) is -0.707. The summed E-state index contributed by atoms with van der Waals surface area (Å²) in [6.45, 7) is 0. The summed E-state index contributed by atoms with van der Waals surface area (Å²) in [4.78, 5) is 28.0. The molecule has 3 fully saturated rings. The van der Waals surface area contributed by atoms with Gasteiger partial charge in [-0.2, -0.15) is 0 Å². The molecule has 0 aromatic rings. The maximum atomic E-state index is 12.8. The zero-order chi connectivity index (χ0) is 14.5. The van der Waals surface area contributed by atoms with Gasteiger partial charge in [-0.05, 0) is 19.3 Å². The Kier molecular flexibility index (Phi) is 3.08. The highest BCUT2D eigenvalue weighted by atomic mass is 32.2. The molecule has 0 radical (unpaired) electrons. The quantitative estimate of drug-likeness (QED) is 0.670. The third-order valence-corrected chi connectivity index (χ3v) is 6.76. The summed E-state index contributed by atoms with van der Waals surface area (Å²) in [5.74, 6) is -0.174. The van der Waals surface area contributed by atoms with Crippen molar-refractivity contribution in [2.45, 2.75) is 50.1 Å². The summed E-state index contributed by atoms with van der Waals surface area (Å²) in [5, 5.41) is 0. The van der Waals surface area contributed by atoms with Crippen LogP contribution in [0.25, 0.3) is 0 Å². The third-order valence-electron chi connectivity index (χ3n) is 5.01. The van der Waals surface area contributed by atoms with Gasteiger partial charge >= 0.3 is 6.03 Å². The lowest BCUT2D eigenvalue weighted by molar-refractivity contribution is -0.135. The van der Waals surface area contributed by atoms with E-state index in [1.54, 1.807) is 11.9 Å². The second kappa shape index (κ2) is 4.44. The monoisotopic (exact) mass is 300 g/mol. The lowest BCUT2D eigenvalue weighted by atomic mass is 9.80. The van der Waals surface area contributed by atoms with E-state index in [4.69, 9.17) is 0 Å².